The van der Waals surface area contributed by atoms with E-state index in [-0.39, 0.29) is 0 Å². The summed E-state index contributed by atoms with van der Waals surface area (Å²) in [7, 11) is 0. The van der Waals surface area contributed by atoms with Crippen LogP contribution in [0.15, 0.2) is 223 Å². The van der Waals surface area contributed by atoms with E-state index in [2.05, 4.69) is 176 Å². The van der Waals surface area contributed by atoms with Crippen LogP contribution in [-0.2, 0) is 0 Å². The average Bonchev–Trinajstić information content (AvgIpc) is 3.73. The molecule has 3 nitrogen and oxygen atoms in total. The smallest absolute Gasteiger partial charge is 0.160 e. The van der Waals surface area contributed by atoms with Gasteiger partial charge in [-0.3, -0.25) is 0 Å². The highest BCUT2D eigenvalue weighted by molar-refractivity contribution is 6.20. The molecule has 0 aliphatic heterocycles. The van der Waals surface area contributed by atoms with E-state index in [1.807, 2.05) is 42.5 Å². The van der Waals surface area contributed by atoms with Crippen molar-refractivity contribution in [1.82, 2.24) is 9.97 Å². The van der Waals surface area contributed by atoms with Crippen LogP contribution >= 0.6 is 0 Å². The third kappa shape index (κ3) is 6.06. The van der Waals surface area contributed by atoms with Crippen molar-refractivity contribution in [1.29, 1.82) is 0 Å². The molecule has 0 radical (unpaired) electrons. The lowest BCUT2D eigenvalue weighted by atomic mass is 9.89. The molecule has 3 heteroatoms. The van der Waals surface area contributed by atoms with Crippen molar-refractivity contribution in [3.63, 3.8) is 0 Å². The van der Waals surface area contributed by atoms with Crippen molar-refractivity contribution in [2.24, 2.45) is 0 Å². The molecule has 2 aromatic heterocycles. The standard InChI is InChI=1S/C58H36N2O/c1-2-12-44(13-3-1)58-59-52(36-53(60-58)49-18-10-20-55-57(49)50-17-8-9-19-54(50)61-55)42-29-25-39(26-30-42)37-21-23-38(24-22-37)40-27-31-43(32-28-40)56-47-16-7-5-14-45(47)35-51-46-15-6-4-11-41(46)33-34-48(51)56/h1-36H. The van der Waals surface area contributed by atoms with Gasteiger partial charge in [-0.05, 0) is 90.0 Å². The summed E-state index contributed by atoms with van der Waals surface area (Å²) in [6.45, 7) is 0. The molecule has 12 aromatic rings. The zero-order valence-electron chi connectivity index (χ0n) is 33.1. The number of hydrogen-bond acceptors (Lipinski definition) is 3. The first-order valence-electron chi connectivity index (χ1n) is 20.7. The monoisotopic (exact) mass is 776 g/mol. The van der Waals surface area contributed by atoms with Crippen molar-refractivity contribution in [3.05, 3.63) is 218 Å². The number of rotatable bonds is 6. The van der Waals surface area contributed by atoms with Crippen molar-refractivity contribution in [2.75, 3.05) is 0 Å². The molecule has 61 heavy (non-hydrogen) atoms. The largest absolute Gasteiger partial charge is 0.456 e. The van der Waals surface area contributed by atoms with Crippen LogP contribution in [0.25, 0.3) is 122 Å². The van der Waals surface area contributed by atoms with Crippen LogP contribution < -0.4 is 0 Å². The zero-order chi connectivity index (χ0) is 40.3. The maximum absolute atomic E-state index is 6.25. The second-order valence-electron chi connectivity index (χ2n) is 15.7. The molecule has 0 bridgehead atoms. The molecular formula is C58H36N2O. The fourth-order valence-corrected chi connectivity index (χ4v) is 9.09. The number of furan rings is 1. The Labute approximate surface area is 352 Å². The highest BCUT2D eigenvalue weighted by Crippen LogP contribution is 2.41. The molecule has 10 aromatic carbocycles. The van der Waals surface area contributed by atoms with E-state index in [4.69, 9.17) is 14.4 Å². The molecule has 0 saturated carbocycles. The van der Waals surface area contributed by atoms with Crippen LogP contribution in [0.2, 0.25) is 0 Å². The number of hydrogen-bond donors (Lipinski definition) is 0. The summed E-state index contributed by atoms with van der Waals surface area (Å²) in [6, 6.07) is 77.6. The SMILES string of the molecule is c1ccc(-c2nc(-c3ccc(-c4ccc(-c5ccc(-c6c7ccccc7cc7c6ccc6ccccc67)cc5)cc4)cc3)cc(-c3cccc4oc5ccccc5c34)n2)cc1. The van der Waals surface area contributed by atoms with Gasteiger partial charge in [0.05, 0.1) is 11.4 Å². The molecule has 0 N–H and O–H groups in total. The van der Waals surface area contributed by atoms with E-state index >= 15 is 0 Å². The highest BCUT2D eigenvalue weighted by atomic mass is 16.3. The number of nitrogens with zero attached hydrogens (tertiary/aromatic N) is 2. The van der Waals surface area contributed by atoms with E-state index in [0.29, 0.717) is 5.82 Å². The van der Waals surface area contributed by atoms with Crippen LogP contribution in [0.5, 0.6) is 0 Å². The summed E-state index contributed by atoms with van der Waals surface area (Å²) in [4.78, 5) is 10.2. The normalized spacial score (nSPS) is 11.6. The Kier molecular flexibility index (Phi) is 8.17. The quantitative estimate of drug-likeness (QED) is 0.125. The fourth-order valence-electron chi connectivity index (χ4n) is 9.09. The second-order valence-corrected chi connectivity index (χ2v) is 15.7. The fraction of sp³-hybridized carbons (Fsp3) is 0. The average molecular weight is 777 g/mol. The second kappa shape index (κ2) is 14.3. The number of aromatic nitrogens is 2. The minimum Gasteiger partial charge on any atom is -0.456 e. The summed E-state index contributed by atoms with van der Waals surface area (Å²) < 4.78 is 6.25. The molecule has 0 unspecified atom stereocenters. The van der Waals surface area contributed by atoms with E-state index in [1.54, 1.807) is 0 Å². The molecule has 0 amide bonds. The Morgan fingerprint density at radius 1 is 0.295 bits per heavy atom. The van der Waals surface area contributed by atoms with E-state index in [0.717, 1.165) is 61.1 Å². The molecule has 0 saturated heterocycles. The van der Waals surface area contributed by atoms with Crippen LogP contribution in [0.3, 0.4) is 0 Å². The Bertz CT molecular complexity index is 3610. The lowest BCUT2D eigenvalue weighted by molar-refractivity contribution is 0.669. The van der Waals surface area contributed by atoms with Gasteiger partial charge in [-0.15, -0.1) is 0 Å². The summed E-state index contributed by atoms with van der Waals surface area (Å²) in [5, 5.41) is 9.77. The van der Waals surface area contributed by atoms with Crippen molar-refractivity contribution < 1.29 is 4.42 Å². The van der Waals surface area contributed by atoms with Gasteiger partial charge < -0.3 is 4.42 Å². The summed E-state index contributed by atoms with van der Waals surface area (Å²) in [5.41, 5.74) is 13.6. The summed E-state index contributed by atoms with van der Waals surface area (Å²) in [5.74, 6) is 0.685. The third-order valence-corrected chi connectivity index (χ3v) is 12.1. The van der Waals surface area contributed by atoms with Crippen LogP contribution in [0.1, 0.15) is 0 Å². The van der Waals surface area contributed by atoms with Gasteiger partial charge in [-0.1, -0.05) is 194 Å². The van der Waals surface area contributed by atoms with Gasteiger partial charge >= 0.3 is 0 Å². The van der Waals surface area contributed by atoms with Crippen molar-refractivity contribution >= 4 is 54.3 Å². The lowest BCUT2D eigenvalue weighted by Gasteiger charge is -2.14. The van der Waals surface area contributed by atoms with Crippen LogP contribution in [0, 0.1) is 0 Å². The van der Waals surface area contributed by atoms with Gasteiger partial charge in [-0.2, -0.15) is 0 Å². The predicted octanol–water partition coefficient (Wildman–Crippen LogP) is 15.8. The molecule has 0 fully saturated rings. The molecule has 0 atom stereocenters. The van der Waals surface area contributed by atoms with Gasteiger partial charge in [0.1, 0.15) is 11.2 Å². The van der Waals surface area contributed by atoms with E-state index < -0.39 is 0 Å². The molecule has 0 aliphatic rings. The van der Waals surface area contributed by atoms with Gasteiger partial charge in [-0.25, -0.2) is 9.97 Å². The lowest BCUT2D eigenvalue weighted by Crippen LogP contribution is -1.96. The van der Waals surface area contributed by atoms with Gasteiger partial charge in [0, 0.05) is 27.5 Å². The first-order chi connectivity index (χ1) is 30.2. The number of benzene rings is 10. The minimum absolute atomic E-state index is 0.685. The highest BCUT2D eigenvalue weighted by Gasteiger charge is 2.17. The maximum Gasteiger partial charge on any atom is 0.160 e. The maximum atomic E-state index is 6.25. The van der Waals surface area contributed by atoms with Crippen molar-refractivity contribution in [3.8, 4) is 67.3 Å². The molecule has 12 rings (SSSR count). The predicted molar refractivity (Wildman–Crippen MR) is 254 cm³/mol. The number of para-hydroxylation sites is 1. The molecule has 2 heterocycles. The van der Waals surface area contributed by atoms with Crippen molar-refractivity contribution in [2.45, 2.75) is 0 Å². The third-order valence-electron chi connectivity index (χ3n) is 12.1. The molecule has 284 valence electrons. The first kappa shape index (κ1) is 34.9. The Morgan fingerprint density at radius 2 is 0.852 bits per heavy atom. The Hall–Kier alpha value is -8.14. The minimum atomic E-state index is 0.685. The Morgan fingerprint density at radius 3 is 1.57 bits per heavy atom. The first-order valence-corrected chi connectivity index (χ1v) is 20.7. The summed E-state index contributed by atoms with van der Waals surface area (Å²) in [6.07, 6.45) is 0. The van der Waals surface area contributed by atoms with Crippen LogP contribution in [0.4, 0.5) is 0 Å². The van der Waals surface area contributed by atoms with E-state index in [1.165, 1.54) is 54.6 Å². The van der Waals surface area contributed by atoms with Crippen LogP contribution in [-0.4, -0.2) is 9.97 Å². The van der Waals surface area contributed by atoms with Gasteiger partial charge in [0.15, 0.2) is 5.82 Å². The summed E-state index contributed by atoms with van der Waals surface area (Å²) >= 11 is 0. The molecule has 0 spiro atoms. The molecule has 0 aliphatic carbocycles. The topological polar surface area (TPSA) is 38.9 Å². The van der Waals surface area contributed by atoms with Gasteiger partial charge in [0.2, 0.25) is 0 Å². The zero-order valence-corrected chi connectivity index (χ0v) is 33.1. The number of fused-ring (bicyclic) bond motifs is 7. The van der Waals surface area contributed by atoms with Gasteiger partial charge in [0.25, 0.3) is 0 Å². The van der Waals surface area contributed by atoms with E-state index in [9.17, 15) is 0 Å². The molecular weight excluding hydrogens is 741 g/mol. The Balaban J connectivity index is 0.862.